The van der Waals surface area contributed by atoms with E-state index in [1.165, 1.54) is 5.01 Å². The summed E-state index contributed by atoms with van der Waals surface area (Å²) in [4.78, 5) is 25.1. The van der Waals surface area contributed by atoms with Crippen molar-refractivity contribution in [2.24, 2.45) is 16.9 Å². The number of amides is 1. The Bertz CT molecular complexity index is 1140. The molecule has 1 aliphatic heterocycles. The molecule has 7 nitrogen and oxygen atoms in total. The number of anilines is 1. The molecule has 2 atom stereocenters. The molecule has 0 spiro atoms. The fraction of sp³-hybridized carbons (Fsp3) is 0.346. The molecule has 1 aliphatic carbocycles. The molecule has 1 N–H and O–H groups in total. The molecule has 1 heterocycles. The molecule has 33 heavy (non-hydrogen) atoms. The van der Waals surface area contributed by atoms with Gasteiger partial charge in [0.2, 0.25) is 0 Å². The number of ether oxygens (including phenoxy) is 2. The van der Waals surface area contributed by atoms with E-state index in [2.05, 4.69) is 6.08 Å². The SMILES string of the molecule is CCCc1cc(N2N=C(c3ccc(OC)c(OC)c3)[C@H]3CC=CC[C@H]3C2=O)ccc1C(=O)O. The highest BCUT2D eigenvalue weighted by atomic mass is 16.5. The molecule has 1 amide bonds. The molecule has 172 valence electrons. The minimum absolute atomic E-state index is 0.0368. The number of nitrogens with zero attached hydrogens (tertiary/aromatic N) is 2. The molecular weight excluding hydrogens is 420 g/mol. The van der Waals surface area contributed by atoms with E-state index in [9.17, 15) is 14.7 Å². The monoisotopic (exact) mass is 448 g/mol. The zero-order valence-corrected chi connectivity index (χ0v) is 19.1. The standard InChI is InChI=1S/C26H28N2O5/c1-4-7-16-14-18(11-12-19(16)26(30)31)28-25(29)21-9-6-5-8-20(21)24(27-28)17-10-13-22(32-2)23(15-17)33-3/h5-6,10-15,20-21H,4,7-9H2,1-3H3,(H,30,31)/t20-,21+/m0/s1. The second-order valence-corrected chi connectivity index (χ2v) is 8.26. The fourth-order valence-electron chi connectivity index (χ4n) is 4.63. The minimum atomic E-state index is -0.970. The number of hydrazone groups is 1. The number of carboxylic acid groups (broad SMARTS) is 1. The van der Waals surface area contributed by atoms with Crippen LogP contribution in [0.15, 0.2) is 53.7 Å². The molecule has 2 aliphatic rings. The van der Waals surface area contributed by atoms with Crippen LogP contribution in [0.2, 0.25) is 0 Å². The third-order valence-electron chi connectivity index (χ3n) is 6.28. The first kappa shape index (κ1) is 22.6. The van der Waals surface area contributed by atoms with Crippen LogP contribution in [-0.4, -0.2) is 36.9 Å². The number of benzene rings is 2. The number of aryl methyl sites for hydroxylation is 1. The number of allylic oxidation sites excluding steroid dienone is 2. The van der Waals surface area contributed by atoms with Gasteiger partial charge in [0.25, 0.3) is 5.91 Å². The van der Waals surface area contributed by atoms with Gasteiger partial charge >= 0.3 is 5.97 Å². The molecule has 4 rings (SSSR count). The number of methoxy groups -OCH3 is 2. The van der Waals surface area contributed by atoms with Crippen molar-refractivity contribution in [1.82, 2.24) is 0 Å². The van der Waals surface area contributed by atoms with Crippen LogP contribution in [0.3, 0.4) is 0 Å². The normalized spacial score (nSPS) is 19.7. The Morgan fingerprint density at radius 2 is 1.79 bits per heavy atom. The van der Waals surface area contributed by atoms with Gasteiger partial charge in [-0.15, -0.1) is 0 Å². The van der Waals surface area contributed by atoms with Crippen LogP contribution >= 0.6 is 0 Å². The molecule has 0 saturated carbocycles. The van der Waals surface area contributed by atoms with Gasteiger partial charge in [0.15, 0.2) is 11.5 Å². The molecule has 2 aromatic rings. The number of carbonyl (C=O) groups excluding carboxylic acids is 1. The summed E-state index contributed by atoms with van der Waals surface area (Å²) in [6, 6.07) is 10.7. The number of hydrogen-bond donors (Lipinski definition) is 1. The summed E-state index contributed by atoms with van der Waals surface area (Å²) >= 11 is 0. The lowest BCUT2D eigenvalue weighted by Gasteiger charge is -2.37. The zero-order valence-electron chi connectivity index (χ0n) is 19.1. The Morgan fingerprint density at radius 3 is 2.45 bits per heavy atom. The highest BCUT2D eigenvalue weighted by Crippen LogP contribution is 2.38. The van der Waals surface area contributed by atoms with Gasteiger partial charge in [0, 0.05) is 11.5 Å². The molecule has 0 saturated heterocycles. The molecule has 0 aromatic heterocycles. The van der Waals surface area contributed by atoms with Crippen molar-refractivity contribution in [2.45, 2.75) is 32.6 Å². The third-order valence-corrected chi connectivity index (χ3v) is 6.28. The maximum absolute atomic E-state index is 13.5. The molecule has 0 unspecified atom stereocenters. The first-order chi connectivity index (χ1) is 16.0. The first-order valence-electron chi connectivity index (χ1n) is 11.1. The van der Waals surface area contributed by atoms with Gasteiger partial charge in [-0.05, 0) is 61.2 Å². The largest absolute Gasteiger partial charge is 0.493 e. The summed E-state index contributed by atoms with van der Waals surface area (Å²) in [6.07, 6.45) is 6.93. The van der Waals surface area contributed by atoms with Crippen LogP contribution in [0.1, 0.15) is 47.7 Å². The maximum atomic E-state index is 13.5. The lowest BCUT2D eigenvalue weighted by Crippen LogP contribution is -2.45. The van der Waals surface area contributed by atoms with Crippen molar-refractivity contribution in [3.63, 3.8) is 0 Å². The van der Waals surface area contributed by atoms with Crippen LogP contribution in [0.5, 0.6) is 11.5 Å². The number of aromatic carboxylic acids is 1. The molecule has 7 heteroatoms. The summed E-state index contributed by atoms with van der Waals surface area (Å²) in [6.45, 7) is 2.00. The third kappa shape index (κ3) is 4.23. The smallest absolute Gasteiger partial charge is 0.335 e. The Morgan fingerprint density at radius 1 is 1.06 bits per heavy atom. The molecular formula is C26H28N2O5. The van der Waals surface area contributed by atoms with Crippen molar-refractivity contribution in [1.29, 1.82) is 0 Å². The van der Waals surface area contributed by atoms with Crippen LogP contribution in [0, 0.1) is 11.8 Å². The van der Waals surface area contributed by atoms with Crippen molar-refractivity contribution in [2.75, 3.05) is 19.2 Å². The summed E-state index contributed by atoms with van der Waals surface area (Å²) in [7, 11) is 3.18. The summed E-state index contributed by atoms with van der Waals surface area (Å²) in [5.41, 5.74) is 3.21. The van der Waals surface area contributed by atoms with E-state index in [0.29, 0.717) is 35.6 Å². The number of hydrogen-bond acceptors (Lipinski definition) is 5. The van der Waals surface area contributed by atoms with Gasteiger partial charge in [0.05, 0.1) is 37.1 Å². The number of carboxylic acids is 1. The van der Waals surface area contributed by atoms with E-state index >= 15 is 0 Å². The van der Waals surface area contributed by atoms with Gasteiger partial charge in [-0.2, -0.15) is 5.10 Å². The summed E-state index contributed by atoms with van der Waals surface area (Å²) in [5.74, 6) is -0.0880. The Hall–Kier alpha value is -3.61. The molecule has 0 radical (unpaired) electrons. The highest BCUT2D eigenvalue weighted by Gasteiger charge is 2.41. The van der Waals surface area contributed by atoms with E-state index in [4.69, 9.17) is 14.6 Å². The molecule has 0 bridgehead atoms. The van der Waals surface area contributed by atoms with Crippen molar-refractivity contribution in [3.8, 4) is 11.5 Å². The fourth-order valence-corrected chi connectivity index (χ4v) is 4.63. The lowest BCUT2D eigenvalue weighted by molar-refractivity contribution is -0.123. The number of carbonyl (C=O) groups is 2. The topological polar surface area (TPSA) is 88.4 Å². The average Bonchev–Trinajstić information content (AvgIpc) is 2.84. The van der Waals surface area contributed by atoms with E-state index in [1.807, 2.05) is 31.2 Å². The zero-order chi connectivity index (χ0) is 23.5. The van der Waals surface area contributed by atoms with Crippen molar-refractivity contribution in [3.05, 3.63) is 65.2 Å². The van der Waals surface area contributed by atoms with Crippen LogP contribution < -0.4 is 14.5 Å². The van der Waals surface area contributed by atoms with E-state index in [1.54, 1.807) is 32.4 Å². The second kappa shape index (κ2) is 9.48. The maximum Gasteiger partial charge on any atom is 0.335 e. The molecule has 2 aromatic carbocycles. The van der Waals surface area contributed by atoms with Gasteiger partial charge < -0.3 is 14.6 Å². The highest BCUT2D eigenvalue weighted by molar-refractivity contribution is 6.11. The van der Waals surface area contributed by atoms with E-state index in [0.717, 1.165) is 24.1 Å². The minimum Gasteiger partial charge on any atom is -0.493 e. The van der Waals surface area contributed by atoms with E-state index < -0.39 is 5.97 Å². The predicted octanol–water partition coefficient (Wildman–Crippen LogP) is 4.69. The first-order valence-corrected chi connectivity index (χ1v) is 11.1. The van der Waals surface area contributed by atoms with Crippen LogP contribution in [0.4, 0.5) is 5.69 Å². The molecule has 0 fully saturated rings. The second-order valence-electron chi connectivity index (χ2n) is 8.26. The van der Waals surface area contributed by atoms with Gasteiger partial charge in [0.1, 0.15) is 0 Å². The Labute approximate surface area is 193 Å². The number of rotatable bonds is 7. The Balaban J connectivity index is 1.83. The summed E-state index contributed by atoms with van der Waals surface area (Å²) in [5, 5.41) is 15.8. The number of fused-ring (bicyclic) bond motifs is 1. The van der Waals surface area contributed by atoms with Gasteiger partial charge in [-0.25, -0.2) is 9.80 Å². The lowest BCUT2D eigenvalue weighted by atomic mass is 9.76. The van der Waals surface area contributed by atoms with Crippen molar-refractivity contribution >= 4 is 23.3 Å². The van der Waals surface area contributed by atoms with Gasteiger partial charge in [-0.3, -0.25) is 4.79 Å². The quantitative estimate of drug-likeness (QED) is 0.621. The predicted molar refractivity (Wildman–Crippen MR) is 126 cm³/mol. The van der Waals surface area contributed by atoms with Crippen LogP contribution in [-0.2, 0) is 11.2 Å². The van der Waals surface area contributed by atoms with Crippen molar-refractivity contribution < 1.29 is 24.2 Å². The van der Waals surface area contributed by atoms with Crippen LogP contribution in [0.25, 0.3) is 0 Å². The summed E-state index contributed by atoms with van der Waals surface area (Å²) < 4.78 is 10.9. The van der Waals surface area contributed by atoms with E-state index in [-0.39, 0.29) is 23.3 Å². The van der Waals surface area contributed by atoms with Gasteiger partial charge in [-0.1, -0.05) is 25.5 Å². The Kier molecular flexibility index (Phi) is 6.49. The average molecular weight is 449 g/mol.